The molecule has 6 rings (SSSR count). The molecular formula is C29H22BrFN4O4S. The van der Waals surface area contributed by atoms with Crippen LogP contribution in [0.25, 0.3) is 10.9 Å². The van der Waals surface area contributed by atoms with E-state index in [1.54, 1.807) is 12.1 Å². The molecule has 0 spiro atoms. The first-order valence-corrected chi connectivity index (χ1v) is 15.1. The first-order chi connectivity index (χ1) is 19.1. The molecule has 11 heteroatoms. The van der Waals surface area contributed by atoms with Gasteiger partial charge in [-0.05, 0) is 76.3 Å². The van der Waals surface area contributed by atoms with Gasteiger partial charge in [-0.2, -0.15) is 5.26 Å². The zero-order chi connectivity index (χ0) is 28.2. The van der Waals surface area contributed by atoms with Gasteiger partial charge in [0.05, 0.1) is 58.6 Å². The van der Waals surface area contributed by atoms with Crippen LogP contribution in [0.1, 0.15) is 45.6 Å². The average molecular weight is 621 g/mol. The third kappa shape index (κ3) is 4.66. The molecule has 0 saturated heterocycles. The number of halogens is 2. The summed E-state index contributed by atoms with van der Waals surface area (Å²) in [5.74, 6) is -1.25. The van der Waals surface area contributed by atoms with Crippen molar-refractivity contribution in [2.24, 2.45) is 0 Å². The number of aromatic nitrogens is 2. The molecule has 1 aliphatic heterocycles. The Morgan fingerprint density at radius 2 is 1.93 bits per heavy atom. The topological polar surface area (TPSA) is 113 Å². The number of fused-ring (bicyclic) bond motifs is 3. The smallest absolute Gasteiger partial charge is 0.260 e. The van der Waals surface area contributed by atoms with Crippen LogP contribution in [-0.4, -0.2) is 30.5 Å². The quantitative estimate of drug-likeness (QED) is 0.266. The number of nitriles is 1. The van der Waals surface area contributed by atoms with Gasteiger partial charge >= 0.3 is 0 Å². The summed E-state index contributed by atoms with van der Waals surface area (Å²) in [6, 6.07) is 14.5. The van der Waals surface area contributed by atoms with E-state index in [-0.39, 0.29) is 22.7 Å². The number of hydrogen-bond acceptors (Lipinski definition) is 7. The van der Waals surface area contributed by atoms with Crippen LogP contribution < -0.4 is 4.90 Å². The summed E-state index contributed by atoms with van der Waals surface area (Å²) >= 11 is 3.52. The van der Waals surface area contributed by atoms with Gasteiger partial charge in [0.1, 0.15) is 10.4 Å². The highest BCUT2D eigenvalue weighted by molar-refractivity contribution is 9.10. The number of carbonyl (C=O) groups is 1. The maximum Gasteiger partial charge on any atom is 0.260 e. The van der Waals surface area contributed by atoms with Crippen molar-refractivity contribution < 1.29 is 22.3 Å². The Balaban J connectivity index is 1.43. The fraction of sp³-hybridized carbons (Fsp3) is 0.241. The Morgan fingerprint density at radius 1 is 1.15 bits per heavy atom. The lowest BCUT2D eigenvalue weighted by Gasteiger charge is -2.25. The molecular weight excluding hydrogens is 599 g/mol. The molecule has 0 unspecified atom stereocenters. The van der Waals surface area contributed by atoms with Crippen LogP contribution >= 0.6 is 15.9 Å². The Kier molecular flexibility index (Phi) is 6.45. The summed E-state index contributed by atoms with van der Waals surface area (Å²) in [4.78, 5) is 24.0. The molecule has 202 valence electrons. The molecule has 2 aromatic heterocycles. The monoisotopic (exact) mass is 620 g/mol. The number of carbonyl (C=O) groups excluding carboxylic acids is 1. The standard InChI is InChI=1S/C29H22BrFN4O4S/c1-40(37,38)25-11-19(31)4-6-24(25)35(28(36)18-3-7-26(33-12-18)29(16-32)8-9-29)13-17-2-5-20-21-14-39-15-22(21)27(30)34-23(20)10-17/h2-7,10-12H,8-9,13-15H2,1H3. The number of ether oxygens (including phenoxy) is 1. The van der Waals surface area contributed by atoms with Gasteiger partial charge in [0.15, 0.2) is 9.84 Å². The first kappa shape index (κ1) is 26.5. The van der Waals surface area contributed by atoms with E-state index in [1.807, 2.05) is 18.2 Å². The third-order valence-corrected chi connectivity index (χ3v) is 9.16. The molecule has 0 radical (unpaired) electrons. The molecule has 1 amide bonds. The second-order valence-corrected chi connectivity index (χ2v) is 12.8. The summed E-state index contributed by atoms with van der Waals surface area (Å²) in [5, 5.41) is 10.4. The number of benzene rings is 2. The highest BCUT2D eigenvalue weighted by Gasteiger charge is 2.46. The maximum absolute atomic E-state index is 14.2. The molecule has 0 bridgehead atoms. The molecule has 3 heterocycles. The Hall–Kier alpha value is -3.72. The highest BCUT2D eigenvalue weighted by atomic mass is 79.9. The van der Waals surface area contributed by atoms with E-state index in [9.17, 15) is 22.9 Å². The van der Waals surface area contributed by atoms with Crippen LogP contribution in [0.15, 0.2) is 64.2 Å². The lowest BCUT2D eigenvalue weighted by Crippen LogP contribution is -2.32. The van der Waals surface area contributed by atoms with Gasteiger partial charge in [0.25, 0.3) is 5.91 Å². The number of rotatable bonds is 6. The van der Waals surface area contributed by atoms with Crippen LogP contribution in [-0.2, 0) is 39.7 Å². The van der Waals surface area contributed by atoms with Gasteiger partial charge in [-0.1, -0.05) is 12.1 Å². The fourth-order valence-electron chi connectivity index (χ4n) is 5.02. The van der Waals surface area contributed by atoms with E-state index in [4.69, 9.17) is 4.74 Å². The van der Waals surface area contributed by atoms with Crippen molar-refractivity contribution in [2.75, 3.05) is 11.2 Å². The minimum atomic E-state index is -3.90. The van der Waals surface area contributed by atoms with Crippen molar-refractivity contribution in [1.29, 1.82) is 5.26 Å². The molecule has 1 aliphatic carbocycles. The molecule has 1 saturated carbocycles. The van der Waals surface area contributed by atoms with Crippen LogP contribution in [0.4, 0.5) is 10.1 Å². The van der Waals surface area contributed by atoms with Crippen LogP contribution in [0.5, 0.6) is 0 Å². The van der Waals surface area contributed by atoms with E-state index >= 15 is 0 Å². The van der Waals surface area contributed by atoms with Gasteiger partial charge < -0.3 is 9.64 Å². The SMILES string of the molecule is CS(=O)(=O)c1cc(F)ccc1N(Cc1ccc2c3c(c(Br)nc2c1)COC3)C(=O)c1ccc(C2(C#N)CC2)nc1. The van der Waals surface area contributed by atoms with E-state index < -0.39 is 27.0 Å². The second-order valence-electron chi connectivity index (χ2n) is 10.1. The molecule has 1 fully saturated rings. The summed E-state index contributed by atoms with van der Waals surface area (Å²) in [6.07, 6.45) is 3.80. The van der Waals surface area contributed by atoms with Crippen LogP contribution in [0.3, 0.4) is 0 Å². The van der Waals surface area contributed by atoms with Crippen molar-refractivity contribution in [3.8, 4) is 6.07 Å². The average Bonchev–Trinajstić information content (AvgIpc) is 3.58. The first-order valence-electron chi connectivity index (χ1n) is 12.5. The van der Waals surface area contributed by atoms with Crippen molar-refractivity contribution >= 4 is 48.3 Å². The van der Waals surface area contributed by atoms with Gasteiger partial charge in [-0.3, -0.25) is 9.78 Å². The summed E-state index contributed by atoms with van der Waals surface area (Å²) < 4.78 is 45.8. The van der Waals surface area contributed by atoms with Gasteiger partial charge in [-0.25, -0.2) is 17.8 Å². The third-order valence-electron chi connectivity index (χ3n) is 7.37. The Bertz CT molecular complexity index is 1850. The summed E-state index contributed by atoms with van der Waals surface area (Å²) in [6.45, 7) is 0.935. The zero-order valence-corrected chi connectivity index (χ0v) is 23.7. The number of pyridine rings is 2. The summed E-state index contributed by atoms with van der Waals surface area (Å²) in [5.41, 5.74) is 3.67. The summed E-state index contributed by atoms with van der Waals surface area (Å²) in [7, 11) is -3.90. The predicted octanol–water partition coefficient (Wildman–Crippen LogP) is 5.37. The highest BCUT2D eigenvalue weighted by Crippen LogP contribution is 2.46. The Morgan fingerprint density at radius 3 is 2.60 bits per heavy atom. The molecule has 8 nitrogen and oxygen atoms in total. The Labute approximate surface area is 238 Å². The number of nitrogens with zero attached hydrogens (tertiary/aromatic N) is 4. The zero-order valence-electron chi connectivity index (χ0n) is 21.3. The second kappa shape index (κ2) is 9.73. The number of sulfone groups is 1. The van der Waals surface area contributed by atoms with E-state index in [2.05, 4.69) is 32.0 Å². The minimum Gasteiger partial charge on any atom is -0.372 e. The molecule has 2 aromatic carbocycles. The van der Waals surface area contributed by atoms with Crippen molar-refractivity contribution in [3.63, 3.8) is 0 Å². The van der Waals surface area contributed by atoms with Crippen molar-refractivity contribution in [1.82, 2.24) is 9.97 Å². The van der Waals surface area contributed by atoms with Gasteiger partial charge in [0.2, 0.25) is 0 Å². The lowest BCUT2D eigenvalue weighted by molar-refractivity contribution is 0.0984. The minimum absolute atomic E-state index is 0.0142. The van der Waals surface area contributed by atoms with Crippen molar-refractivity contribution in [3.05, 3.63) is 93.1 Å². The van der Waals surface area contributed by atoms with E-state index in [0.717, 1.165) is 34.9 Å². The number of amides is 1. The fourth-order valence-corrected chi connectivity index (χ4v) is 6.45. The maximum atomic E-state index is 14.2. The van der Waals surface area contributed by atoms with Gasteiger partial charge in [-0.15, -0.1) is 0 Å². The normalized spacial score (nSPS) is 15.4. The lowest BCUT2D eigenvalue weighted by atomic mass is 10.0. The van der Waals surface area contributed by atoms with E-state index in [0.29, 0.717) is 47.4 Å². The predicted molar refractivity (Wildman–Crippen MR) is 149 cm³/mol. The molecule has 4 aromatic rings. The number of hydrogen-bond donors (Lipinski definition) is 0. The van der Waals surface area contributed by atoms with Gasteiger partial charge in [0, 0.05) is 23.4 Å². The molecule has 0 N–H and O–H groups in total. The molecule has 40 heavy (non-hydrogen) atoms. The largest absolute Gasteiger partial charge is 0.372 e. The van der Waals surface area contributed by atoms with Crippen LogP contribution in [0.2, 0.25) is 0 Å². The van der Waals surface area contributed by atoms with E-state index in [1.165, 1.54) is 17.2 Å². The van der Waals surface area contributed by atoms with Crippen molar-refractivity contribution in [2.45, 2.75) is 42.9 Å². The molecule has 2 aliphatic rings. The van der Waals surface area contributed by atoms with Crippen LogP contribution in [0, 0.1) is 17.1 Å². The number of anilines is 1. The molecule has 0 atom stereocenters.